The highest BCUT2D eigenvalue weighted by Gasteiger charge is 2.01. The summed E-state index contributed by atoms with van der Waals surface area (Å²) in [5.41, 5.74) is 3.38. The van der Waals surface area contributed by atoms with E-state index in [-0.39, 0.29) is 0 Å². The molecule has 0 saturated carbocycles. The predicted molar refractivity (Wildman–Crippen MR) is 89.8 cm³/mol. The van der Waals surface area contributed by atoms with Crippen LogP contribution in [0.1, 0.15) is 17.0 Å². The highest BCUT2D eigenvalue weighted by atomic mass is 35.5. The predicted octanol–water partition coefficient (Wildman–Crippen LogP) is 4.77. The van der Waals surface area contributed by atoms with Crippen LogP contribution in [-0.2, 0) is 5.75 Å². The first-order chi connectivity index (χ1) is 9.63. The number of hydrogen-bond acceptors (Lipinski definition) is 4. The van der Waals surface area contributed by atoms with Crippen LogP contribution in [-0.4, -0.2) is 21.5 Å². The Morgan fingerprint density at radius 2 is 1.65 bits per heavy atom. The Bertz CT molecular complexity index is 538. The molecule has 5 heteroatoms. The zero-order valence-corrected chi connectivity index (χ0v) is 14.0. The number of thioether (sulfide) groups is 2. The number of benzene rings is 1. The maximum absolute atomic E-state index is 5.86. The van der Waals surface area contributed by atoms with Crippen molar-refractivity contribution in [1.82, 2.24) is 9.97 Å². The number of nitrogens with zero attached hydrogens (tertiary/aromatic N) is 2. The van der Waals surface area contributed by atoms with E-state index in [1.807, 2.05) is 43.8 Å². The summed E-state index contributed by atoms with van der Waals surface area (Å²) < 4.78 is 0. The first-order valence-electron chi connectivity index (χ1n) is 6.41. The standard InChI is InChI=1S/C15H17ClN2S2/c1-11-9-12(2)18-15(17-11)20-8-7-19-10-13-3-5-14(16)6-4-13/h3-6,9H,7-8,10H2,1-2H3. The van der Waals surface area contributed by atoms with Gasteiger partial charge in [0.25, 0.3) is 0 Å². The molecule has 2 aromatic rings. The lowest BCUT2D eigenvalue weighted by Gasteiger charge is -2.04. The van der Waals surface area contributed by atoms with Gasteiger partial charge in [0.15, 0.2) is 5.16 Å². The quantitative estimate of drug-likeness (QED) is 0.434. The van der Waals surface area contributed by atoms with Gasteiger partial charge in [0, 0.05) is 33.7 Å². The van der Waals surface area contributed by atoms with Gasteiger partial charge in [-0.1, -0.05) is 35.5 Å². The van der Waals surface area contributed by atoms with Gasteiger partial charge >= 0.3 is 0 Å². The lowest BCUT2D eigenvalue weighted by Crippen LogP contribution is -1.94. The number of hydrogen-bond donors (Lipinski definition) is 0. The number of aromatic nitrogens is 2. The molecule has 1 aromatic heterocycles. The highest BCUT2D eigenvalue weighted by Crippen LogP contribution is 2.19. The van der Waals surface area contributed by atoms with Crippen LogP contribution in [0.25, 0.3) is 0 Å². The summed E-state index contributed by atoms with van der Waals surface area (Å²) in [7, 11) is 0. The maximum atomic E-state index is 5.86. The fourth-order valence-electron chi connectivity index (χ4n) is 1.72. The largest absolute Gasteiger partial charge is 0.228 e. The molecule has 1 aromatic carbocycles. The second-order valence-corrected chi connectivity index (χ2v) is 7.06. The van der Waals surface area contributed by atoms with Crippen molar-refractivity contribution in [2.45, 2.75) is 24.8 Å². The monoisotopic (exact) mass is 324 g/mol. The Morgan fingerprint density at radius 1 is 1.00 bits per heavy atom. The van der Waals surface area contributed by atoms with Crippen LogP contribution in [0.15, 0.2) is 35.5 Å². The van der Waals surface area contributed by atoms with Crippen LogP contribution in [0, 0.1) is 13.8 Å². The molecule has 1 heterocycles. The molecule has 2 nitrogen and oxygen atoms in total. The molecule has 0 fully saturated rings. The molecular weight excluding hydrogens is 308 g/mol. The molecule has 0 saturated heterocycles. The van der Waals surface area contributed by atoms with E-state index in [4.69, 9.17) is 11.6 Å². The fraction of sp³-hybridized carbons (Fsp3) is 0.333. The van der Waals surface area contributed by atoms with Crippen molar-refractivity contribution in [3.63, 3.8) is 0 Å². The van der Waals surface area contributed by atoms with Crippen LogP contribution < -0.4 is 0 Å². The normalized spacial score (nSPS) is 10.8. The van der Waals surface area contributed by atoms with Gasteiger partial charge in [-0.15, -0.1) is 0 Å². The highest BCUT2D eigenvalue weighted by molar-refractivity contribution is 8.02. The third-order valence-corrected chi connectivity index (χ3v) is 4.99. The Morgan fingerprint density at radius 3 is 2.30 bits per heavy atom. The van der Waals surface area contributed by atoms with Gasteiger partial charge in [-0.05, 0) is 37.6 Å². The van der Waals surface area contributed by atoms with Gasteiger partial charge in [-0.25, -0.2) is 9.97 Å². The molecule has 0 N–H and O–H groups in total. The summed E-state index contributed by atoms with van der Waals surface area (Å²) in [6, 6.07) is 10.0. The Balaban J connectivity index is 1.70. The van der Waals surface area contributed by atoms with Gasteiger partial charge in [0.1, 0.15) is 0 Å². The molecule has 0 aliphatic carbocycles. The van der Waals surface area contributed by atoms with E-state index in [0.717, 1.165) is 38.8 Å². The molecule has 0 unspecified atom stereocenters. The zero-order chi connectivity index (χ0) is 14.4. The molecular formula is C15H17ClN2S2. The summed E-state index contributed by atoms with van der Waals surface area (Å²) in [5.74, 6) is 3.14. The van der Waals surface area contributed by atoms with Crippen molar-refractivity contribution in [2.75, 3.05) is 11.5 Å². The third kappa shape index (κ3) is 5.35. The van der Waals surface area contributed by atoms with E-state index in [2.05, 4.69) is 22.1 Å². The first kappa shape index (κ1) is 15.7. The van der Waals surface area contributed by atoms with Crippen LogP contribution in [0.5, 0.6) is 0 Å². The first-order valence-corrected chi connectivity index (χ1v) is 8.92. The van der Waals surface area contributed by atoms with E-state index < -0.39 is 0 Å². The summed E-state index contributed by atoms with van der Waals surface area (Å²) in [6.45, 7) is 4.02. The Labute approximate surface area is 133 Å². The van der Waals surface area contributed by atoms with E-state index in [1.165, 1.54) is 5.56 Å². The van der Waals surface area contributed by atoms with Crippen molar-refractivity contribution in [2.24, 2.45) is 0 Å². The average molecular weight is 325 g/mol. The Kier molecular flexibility index (Phi) is 6.20. The zero-order valence-electron chi connectivity index (χ0n) is 11.6. The average Bonchev–Trinajstić information content (AvgIpc) is 2.39. The molecule has 0 spiro atoms. The minimum Gasteiger partial charge on any atom is -0.228 e. The van der Waals surface area contributed by atoms with Crippen molar-refractivity contribution in [1.29, 1.82) is 0 Å². The molecule has 2 rings (SSSR count). The van der Waals surface area contributed by atoms with Crippen molar-refractivity contribution in [3.8, 4) is 0 Å². The molecule has 20 heavy (non-hydrogen) atoms. The van der Waals surface area contributed by atoms with Gasteiger partial charge in [0.05, 0.1) is 0 Å². The molecule has 0 radical (unpaired) electrons. The van der Waals surface area contributed by atoms with E-state index >= 15 is 0 Å². The summed E-state index contributed by atoms with van der Waals surface area (Å²) in [6.07, 6.45) is 0. The molecule has 0 bridgehead atoms. The number of aryl methyl sites for hydroxylation is 2. The second-order valence-electron chi connectivity index (χ2n) is 4.46. The van der Waals surface area contributed by atoms with E-state index in [1.54, 1.807) is 11.8 Å². The summed E-state index contributed by atoms with van der Waals surface area (Å²) in [4.78, 5) is 8.85. The number of rotatable bonds is 6. The van der Waals surface area contributed by atoms with Gasteiger partial charge < -0.3 is 0 Å². The molecule has 106 valence electrons. The molecule has 0 aliphatic rings. The van der Waals surface area contributed by atoms with Gasteiger partial charge in [-0.3, -0.25) is 0 Å². The van der Waals surface area contributed by atoms with Crippen molar-refractivity contribution < 1.29 is 0 Å². The third-order valence-electron chi connectivity index (χ3n) is 2.60. The minimum atomic E-state index is 0.793. The topological polar surface area (TPSA) is 25.8 Å². The van der Waals surface area contributed by atoms with E-state index in [9.17, 15) is 0 Å². The Hall–Kier alpha value is -0.710. The van der Waals surface area contributed by atoms with Crippen LogP contribution in [0.3, 0.4) is 0 Å². The van der Waals surface area contributed by atoms with Gasteiger partial charge in [-0.2, -0.15) is 11.8 Å². The smallest absolute Gasteiger partial charge is 0.188 e. The summed E-state index contributed by atoms with van der Waals surface area (Å²) >= 11 is 9.51. The van der Waals surface area contributed by atoms with Crippen LogP contribution in [0.4, 0.5) is 0 Å². The minimum absolute atomic E-state index is 0.793. The molecule has 0 amide bonds. The number of halogens is 1. The lowest BCUT2D eigenvalue weighted by atomic mass is 10.2. The van der Waals surface area contributed by atoms with Crippen LogP contribution in [0.2, 0.25) is 5.02 Å². The summed E-state index contributed by atoms with van der Waals surface area (Å²) in [5, 5.41) is 1.68. The van der Waals surface area contributed by atoms with Crippen molar-refractivity contribution in [3.05, 3.63) is 52.3 Å². The van der Waals surface area contributed by atoms with Gasteiger partial charge in [0.2, 0.25) is 0 Å². The lowest BCUT2D eigenvalue weighted by molar-refractivity contribution is 0.903. The fourth-order valence-corrected chi connectivity index (χ4v) is 3.82. The molecule has 0 aliphatic heterocycles. The van der Waals surface area contributed by atoms with Crippen LogP contribution >= 0.6 is 35.1 Å². The van der Waals surface area contributed by atoms with E-state index in [0.29, 0.717) is 0 Å². The maximum Gasteiger partial charge on any atom is 0.188 e. The molecule has 0 atom stereocenters. The van der Waals surface area contributed by atoms with Crippen molar-refractivity contribution >= 4 is 35.1 Å². The SMILES string of the molecule is Cc1cc(C)nc(SCCSCc2ccc(Cl)cc2)n1. The second kappa shape index (κ2) is 7.91.